The highest BCUT2D eigenvalue weighted by atomic mass is 16.3. The average molecular weight is 236 g/mol. The Kier molecular flexibility index (Phi) is 3.97. The Morgan fingerprint density at radius 3 is 2.88 bits per heavy atom. The predicted octanol–water partition coefficient (Wildman–Crippen LogP) is 1.10. The van der Waals surface area contributed by atoms with Gasteiger partial charge < -0.3 is 15.1 Å². The molecule has 2 rings (SSSR count). The van der Waals surface area contributed by atoms with E-state index in [9.17, 15) is 10.2 Å². The molecule has 0 amide bonds. The molecule has 1 saturated heterocycles. The Morgan fingerprint density at radius 1 is 1.47 bits per heavy atom. The van der Waals surface area contributed by atoms with E-state index >= 15 is 0 Å². The third-order valence-electron chi connectivity index (χ3n) is 3.10. The number of aryl methyl sites for hydroxylation is 1. The molecule has 1 aromatic rings. The lowest BCUT2D eigenvalue weighted by Gasteiger charge is -2.18. The third-order valence-corrected chi connectivity index (χ3v) is 3.10. The topological polar surface area (TPSA) is 56.6 Å². The lowest BCUT2D eigenvalue weighted by Crippen LogP contribution is -2.22. The van der Waals surface area contributed by atoms with Gasteiger partial charge in [-0.1, -0.05) is 13.3 Å². The van der Waals surface area contributed by atoms with E-state index in [1.54, 1.807) is 0 Å². The molecule has 17 heavy (non-hydrogen) atoms. The zero-order valence-electron chi connectivity index (χ0n) is 10.3. The van der Waals surface area contributed by atoms with E-state index in [2.05, 4.69) is 16.8 Å². The fourth-order valence-corrected chi connectivity index (χ4v) is 2.22. The van der Waals surface area contributed by atoms with Gasteiger partial charge in [-0.2, -0.15) is 0 Å². The molecular formula is C13H20N2O2. The lowest BCUT2D eigenvalue weighted by atomic mass is 10.1. The smallest absolute Gasteiger partial charge is 0.129 e. The number of rotatable bonds is 4. The van der Waals surface area contributed by atoms with Crippen LogP contribution in [0.2, 0.25) is 0 Å². The van der Waals surface area contributed by atoms with Gasteiger partial charge in [0.15, 0.2) is 0 Å². The molecule has 0 aromatic carbocycles. The van der Waals surface area contributed by atoms with Crippen molar-refractivity contribution in [2.75, 3.05) is 18.0 Å². The number of hydrogen-bond donors (Lipinski definition) is 2. The number of anilines is 1. The van der Waals surface area contributed by atoms with Crippen molar-refractivity contribution in [3.63, 3.8) is 0 Å². The Balaban J connectivity index is 2.23. The summed E-state index contributed by atoms with van der Waals surface area (Å²) in [7, 11) is 0. The van der Waals surface area contributed by atoms with E-state index in [0.717, 1.165) is 42.9 Å². The normalized spacial score (nSPS) is 19.9. The maximum atomic E-state index is 9.54. The molecule has 94 valence electrons. The van der Waals surface area contributed by atoms with Crippen molar-refractivity contribution in [3.05, 3.63) is 23.4 Å². The molecule has 0 spiro atoms. The minimum atomic E-state index is -0.246. The molecule has 1 aliphatic heterocycles. The number of pyridine rings is 1. The first-order chi connectivity index (χ1) is 8.22. The van der Waals surface area contributed by atoms with Gasteiger partial charge in [-0.3, -0.25) is 0 Å². The SMILES string of the molecule is CCCc1cc(CO)cc(N2CCC(O)C2)n1. The maximum Gasteiger partial charge on any atom is 0.129 e. The van der Waals surface area contributed by atoms with Crippen LogP contribution in [0.4, 0.5) is 5.82 Å². The summed E-state index contributed by atoms with van der Waals surface area (Å²) in [5.74, 6) is 0.886. The van der Waals surface area contributed by atoms with E-state index in [-0.39, 0.29) is 12.7 Å². The van der Waals surface area contributed by atoms with Crippen molar-refractivity contribution >= 4 is 5.82 Å². The number of aromatic nitrogens is 1. The van der Waals surface area contributed by atoms with Crippen LogP contribution in [0.15, 0.2) is 12.1 Å². The standard InChI is InChI=1S/C13H20N2O2/c1-2-3-11-6-10(9-16)7-13(14-11)15-5-4-12(17)8-15/h6-7,12,16-17H,2-5,8-9H2,1H3. The van der Waals surface area contributed by atoms with Gasteiger partial charge in [-0.15, -0.1) is 0 Å². The number of nitrogens with zero attached hydrogens (tertiary/aromatic N) is 2. The third kappa shape index (κ3) is 2.96. The summed E-state index contributed by atoms with van der Waals surface area (Å²) in [5.41, 5.74) is 1.93. The van der Waals surface area contributed by atoms with Crippen molar-refractivity contribution < 1.29 is 10.2 Å². The van der Waals surface area contributed by atoms with Gasteiger partial charge in [0.1, 0.15) is 5.82 Å². The van der Waals surface area contributed by atoms with Crippen molar-refractivity contribution in [2.45, 2.75) is 38.9 Å². The number of β-amino-alcohol motifs (C(OH)–C–C–N with tert-alkyl or cyclic N) is 1. The second-order valence-electron chi connectivity index (χ2n) is 4.62. The zero-order chi connectivity index (χ0) is 12.3. The predicted molar refractivity (Wildman–Crippen MR) is 67.0 cm³/mol. The molecule has 2 heterocycles. The summed E-state index contributed by atoms with van der Waals surface area (Å²) in [6.07, 6.45) is 2.53. The van der Waals surface area contributed by atoms with E-state index in [1.165, 1.54) is 0 Å². The monoisotopic (exact) mass is 236 g/mol. The van der Waals surface area contributed by atoms with Gasteiger partial charge in [0, 0.05) is 18.8 Å². The molecule has 1 atom stereocenters. The van der Waals surface area contributed by atoms with Crippen LogP contribution in [-0.2, 0) is 13.0 Å². The van der Waals surface area contributed by atoms with Crippen LogP contribution < -0.4 is 4.90 Å². The summed E-state index contributed by atoms with van der Waals surface area (Å²) < 4.78 is 0. The highest BCUT2D eigenvalue weighted by molar-refractivity contribution is 5.44. The van der Waals surface area contributed by atoms with E-state index < -0.39 is 0 Å². The molecule has 1 aromatic heterocycles. The maximum absolute atomic E-state index is 9.54. The molecule has 4 nitrogen and oxygen atoms in total. The molecule has 1 aliphatic rings. The minimum Gasteiger partial charge on any atom is -0.392 e. The van der Waals surface area contributed by atoms with Gasteiger partial charge in [0.2, 0.25) is 0 Å². The summed E-state index contributed by atoms with van der Waals surface area (Å²) >= 11 is 0. The van der Waals surface area contributed by atoms with Gasteiger partial charge >= 0.3 is 0 Å². The first-order valence-electron chi connectivity index (χ1n) is 6.26. The lowest BCUT2D eigenvalue weighted by molar-refractivity contribution is 0.198. The zero-order valence-corrected chi connectivity index (χ0v) is 10.3. The summed E-state index contributed by atoms with van der Waals surface area (Å²) in [6, 6.07) is 3.87. The molecule has 2 N–H and O–H groups in total. The minimum absolute atomic E-state index is 0.0443. The van der Waals surface area contributed by atoms with E-state index in [1.807, 2.05) is 12.1 Å². The molecular weight excluding hydrogens is 216 g/mol. The van der Waals surface area contributed by atoms with Crippen LogP contribution in [-0.4, -0.2) is 34.4 Å². The van der Waals surface area contributed by atoms with Gasteiger partial charge in [0.25, 0.3) is 0 Å². The Labute approximate surface area is 102 Å². The van der Waals surface area contributed by atoms with Crippen LogP contribution in [0.1, 0.15) is 31.0 Å². The summed E-state index contributed by atoms with van der Waals surface area (Å²) in [5, 5.41) is 18.8. The van der Waals surface area contributed by atoms with Crippen LogP contribution in [0.3, 0.4) is 0 Å². The second-order valence-corrected chi connectivity index (χ2v) is 4.62. The highest BCUT2D eigenvalue weighted by Gasteiger charge is 2.21. The molecule has 1 unspecified atom stereocenters. The van der Waals surface area contributed by atoms with Gasteiger partial charge in [-0.25, -0.2) is 4.98 Å². The highest BCUT2D eigenvalue weighted by Crippen LogP contribution is 2.21. The first kappa shape index (κ1) is 12.3. The molecule has 0 bridgehead atoms. The van der Waals surface area contributed by atoms with Crippen LogP contribution in [0, 0.1) is 0 Å². The fraction of sp³-hybridized carbons (Fsp3) is 0.615. The van der Waals surface area contributed by atoms with Gasteiger partial charge in [0.05, 0.1) is 12.7 Å². The number of aliphatic hydroxyl groups excluding tert-OH is 2. The van der Waals surface area contributed by atoms with E-state index in [4.69, 9.17) is 0 Å². The van der Waals surface area contributed by atoms with Crippen molar-refractivity contribution in [1.82, 2.24) is 4.98 Å². The van der Waals surface area contributed by atoms with Crippen LogP contribution >= 0.6 is 0 Å². The average Bonchev–Trinajstić information content (AvgIpc) is 2.76. The summed E-state index contributed by atoms with van der Waals surface area (Å²) in [6.45, 7) is 3.65. The molecule has 0 saturated carbocycles. The fourth-order valence-electron chi connectivity index (χ4n) is 2.22. The molecule has 0 radical (unpaired) electrons. The van der Waals surface area contributed by atoms with Crippen molar-refractivity contribution in [2.24, 2.45) is 0 Å². The summed E-state index contributed by atoms with van der Waals surface area (Å²) in [4.78, 5) is 6.68. The van der Waals surface area contributed by atoms with Crippen LogP contribution in [0.5, 0.6) is 0 Å². The number of aliphatic hydroxyl groups is 2. The van der Waals surface area contributed by atoms with Crippen LogP contribution in [0.25, 0.3) is 0 Å². The largest absolute Gasteiger partial charge is 0.392 e. The quantitative estimate of drug-likeness (QED) is 0.822. The van der Waals surface area contributed by atoms with Crippen molar-refractivity contribution in [1.29, 1.82) is 0 Å². The number of hydrogen-bond acceptors (Lipinski definition) is 4. The van der Waals surface area contributed by atoms with Gasteiger partial charge in [-0.05, 0) is 30.5 Å². The molecule has 0 aliphatic carbocycles. The second kappa shape index (κ2) is 5.47. The first-order valence-corrected chi connectivity index (χ1v) is 6.26. The van der Waals surface area contributed by atoms with Crippen molar-refractivity contribution in [3.8, 4) is 0 Å². The Bertz CT molecular complexity index is 382. The Hall–Kier alpha value is -1.13. The molecule has 4 heteroatoms. The van der Waals surface area contributed by atoms with E-state index in [0.29, 0.717) is 6.54 Å². The molecule has 1 fully saturated rings. The Morgan fingerprint density at radius 2 is 2.29 bits per heavy atom.